The summed E-state index contributed by atoms with van der Waals surface area (Å²) in [6.45, 7) is 0. The van der Waals surface area contributed by atoms with Crippen LogP contribution in [0.25, 0.3) is 10.9 Å². The van der Waals surface area contributed by atoms with E-state index in [2.05, 4.69) is 20.8 Å². The number of methoxy groups -OCH3 is 1. The molecule has 7 nitrogen and oxygen atoms in total. The van der Waals surface area contributed by atoms with Crippen molar-refractivity contribution in [1.82, 2.24) is 10.2 Å². The second kappa shape index (κ2) is 6.69. The average Bonchev–Trinajstić information content (AvgIpc) is 3.03. The van der Waals surface area contributed by atoms with Crippen LogP contribution in [-0.4, -0.2) is 37.1 Å². The number of nitrogens with zero attached hydrogens (tertiary/aromatic N) is 1. The number of fused-ring (bicyclic) bond motifs is 1. The molecule has 9 heteroatoms. The van der Waals surface area contributed by atoms with Gasteiger partial charge in [0.25, 0.3) is 0 Å². The first kappa shape index (κ1) is 17.2. The van der Waals surface area contributed by atoms with Crippen molar-refractivity contribution in [3.63, 3.8) is 0 Å². The number of aromatic nitrogens is 2. The Hall–Kier alpha value is -2.65. The van der Waals surface area contributed by atoms with Crippen molar-refractivity contribution >= 4 is 49.4 Å². The van der Waals surface area contributed by atoms with Crippen LogP contribution in [0.4, 0.5) is 11.4 Å². The van der Waals surface area contributed by atoms with E-state index in [0.29, 0.717) is 16.5 Å². The summed E-state index contributed by atoms with van der Waals surface area (Å²) in [5.74, 6) is 0.484. The van der Waals surface area contributed by atoms with Gasteiger partial charge >= 0.3 is 0 Å². The number of nitrogens with one attached hydrogen (secondary N) is 3. The van der Waals surface area contributed by atoms with E-state index in [0.717, 1.165) is 22.8 Å². The van der Waals surface area contributed by atoms with E-state index >= 15 is 0 Å². The fraction of sp³-hybridized carbons (Fsp3) is 0.125. The number of sulfone groups is 1. The van der Waals surface area contributed by atoms with Gasteiger partial charge in [-0.3, -0.25) is 5.10 Å². The predicted octanol–water partition coefficient (Wildman–Crippen LogP) is 2.78. The van der Waals surface area contributed by atoms with Crippen LogP contribution in [0.15, 0.2) is 47.5 Å². The molecule has 0 radical (unpaired) electrons. The lowest BCUT2D eigenvalue weighted by Gasteiger charge is -2.15. The molecule has 25 heavy (non-hydrogen) atoms. The van der Waals surface area contributed by atoms with Gasteiger partial charge in [-0.1, -0.05) is 6.07 Å². The van der Waals surface area contributed by atoms with E-state index in [4.69, 9.17) is 17.0 Å². The lowest BCUT2D eigenvalue weighted by molar-refractivity contribution is 0.416. The third-order valence-corrected chi connectivity index (χ3v) is 4.89. The summed E-state index contributed by atoms with van der Waals surface area (Å²) in [7, 11) is -1.83. The quantitative estimate of drug-likeness (QED) is 0.603. The molecule has 0 fully saturated rings. The average molecular weight is 376 g/mol. The summed E-state index contributed by atoms with van der Waals surface area (Å²) >= 11 is 5.34. The number of thiocarbonyl (C=S) groups is 1. The Morgan fingerprint density at radius 2 is 1.96 bits per heavy atom. The summed E-state index contributed by atoms with van der Waals surface area (Å²) in [4.78, 5) is 0.176. The van der Waals surface area contributed by atoms with Crippen LogP contribution in [0.5, 0.6) is 5.75 Å². The van der Waals surface area contributed by atoms with Crippen molar-refractivity contribution in [2.24, 2.45) is 0 Å². The zero-order chi connectivity index (χ0) is 18.0. The fourth-order valence-electron chi connectivity index (χ4n) is 2.37. The third-order valence-electron chi connectivity index (χ3n) is 3.58. The second-order valence-corrected chi connectivity index (χ2v) is 7.77. The number of hydrogen-bond acceptors (Lipinski definition) is 5. The van der Waals surface area contributed by atoms with Crippen LogP contribution in [-0.2, 0) is 9.84 Å². The monoisotopic (exact) mass is 376 g/mol. The van der Waals surface area contributed by atoms with Crippen molar-refractivity contribution in [3.8, 4) is 5.75 Å². The molecule has 0 atom stereocenters. The molecule has 0 aliphatic heterocycles. The van der Waals surface area contributed by atoms with Gasteiger partial charge in [0.05, 0.1) is 35.1 Å². The Kier molecular flexibility index (Phi) is 4.60. The van der Waals surface area contributed by atoms with Crippen LogP contribution in [0.1, 0.15) is 0 Å². The molecule has 1 aromatic heterocycles. The highest BCUT2D eigenvalue weighted by Gasteiger charge is 2.13. The number of rotatable bonds is 4. The van der Waals surface area contributed by atoms with Gasteiger partial charge in [0, 0.05) is 11.6 Å². The number of anilines is 2. The van der Waals surface area contributed by atoms with Crippen molar-refractivity contribution in [3.05, 3.63) is 42.6 Å². The maximum atomic E-state index is 11.8. The molecule has 1 heterocycles. The van der Waals surface area contributed by atoms with E-state index in [-0.39, 0.29) is 4.90 Å². The van der Waals surface area contributed by atoms with Crippen molar-refractivity contribution in [2.45, 2.75) is 4.90 Å². The molecule has 3 rings (SSSR count). The maximum Gasteiger partial charge on any atom is 0.175 e. The molecule has 0 unspecified atom stereocenters. The van der Waals surface area contributed by atoms with E-state index in [1.54, 1.807) is 12.3 Å². The molecule has 3 N–H and O–H groups in total. The number of benzene rings is 2. The standard InChI is InChI=1S/C16H16N4O3S2/c1-23-15-7-6-10(25(2,21)22)8-14(15)19-16(24)18-12-4-3-5-13-11(12)9-17-20-13/h3-9H,1-2H3,(H,17,20)(H2,18,19,24). The molecular formula is C16H16N4O3S2. The number of hydrogen-bond donors (Lipinski definition) is 3. The van der Waals surface area contributed by atoms with E-state index in [1.807, 2.05) is 18.2 Å². The number of H-pyrrole nitrogens is 1. The van der Waals surface area contributed by atoms with Gasteiger partial charge in [-0.15, -0.1) is 0 Å². The predicted molar refractivity (Wildman–Crippen MR) is 102 cm³/mol. The third kappa shape index (κ3) is 3.72. The van der Waals surface area contributed by atoms with E-state index in [1.165, 1.54) is 19.2 Å². The summed E-state index contributed by atoms with van der Waals surface area (Å²) in [5.41, 5.74) is 2.12. The van der Waals surface area contributed by atoms with Gasteiger partial charge in [0.1, 0.15) is 5.75 Å². The minimum absolute atomic E-state index is 0.176. The Morgan fingerprint density at radius 1 is 1.20 bits per heavy atom. The SMILES string of the molecule is COc1ccc(S(C)(=O)=O)cc1NC(=S)Nc1cccc2[nH]ncc12. The molecule has 0 aliphatic carbocycles. The Bertz CT molecular complexity index is 1040. The van der Waals surface area contributed by atoms with Gasteiger partial charge in [-0.25, -0.2) is 8.42 Å². The van der Waals surface area contributed by atoms with Crippen molar-refractivity contribution in [2.75, 3.05) is 24.0 Å². The largest absolute Gasteiger partial charge is 0.495 e. The maximum absolute atomic E-state index is 11.8. The van der Waals surface area contributed by atoms with Gasteiger partial charge in [-0.2, -0.15) is 5.10 Å². The lowest BCUT2D eigenvalue weighted by atomic mass is 10.2. The smallest absolute Gasteiger partial charge is 0.175 e. The van der Waals surface area contributed by atoms with Crippen LogP contribution >= 0.6 is 12.2 Å². The Balaban J connectivity index is 1.86. The Morgan fingerprint density at radius 3 is 2.68 bits per heavy atom. The van der Waals surface area contributed by atoms with Crippen LogP contribution in [0.3, 0.4) is 0 Å². The van der Waals surface area contributed by atoms with Crippen molar-refractivity contribution in [1.29, 1.82) is 0 Å². The van der Waals surface area contributed by atoms with Gasteiger partial charge in [0.15, 0.2) is 14.9 Å². The summed E-state index contributed by atoms with van der Waals surface area (Å²) in [6, 6.07) is 10.2. The molecule has 0 saturated carbocycles. The molecule has 130 valence electrons. The first-order chi connectivity index (χ1) is 11.9. The highest BCUT2D eigenvalue weighted by molar-refractivity contribution is 7.90. The van der Waals surface area contributed by atoms with Crippen LogP contribution in [0.2, 0.25) is 0 Å². The van der Waals surface area contributed by atoms with Crippen LogP contribution < -0.4 is 15.4 Å². The first-order valence-corrected chi connectivity index (χ1v) is 9.56. The van der Waals surface area contributed by atoms with E-state index in [9.17, 15) is 8.42 Å². The zero-order valence-corrected chi connectivity index (χ0v) is 15.2. The second-order valence-electron chi connectivity index (χ2n) is 5.35. The van der Waals surface area contributed by atoms with Gasteiger partial charge < -0.3 is 15.4 Å². The highest BCUT2D eigenvalue weighted by Crippen LogP contribution is 2.28. The van der Waals surface area contributed by atoms with Crippen LogP contribution in [0, 0.1) is 0 Å². The molecule has 0 amide bonds. The van der Waals surface area contributed by atoms with Crippen molar-refractivity contribution < 1.29 is 13.2 Å². The van der Waals surface area contributed by atoms with Gasteiger partial charge in [-0.05, 0) is 42.5 Å². The molecule has 0 saturated heterocycles. The zero-order valence-electron chi connectivity index (χ0n) is 13.5. The number of aromatic amines is 1. The van der Waals surface area contributed by atoms with E-state index < -0.39 is 9.84 Å². The minimum atomic E-state index is -3.34. The fourth-order valence-corrected chi connectivity index (χ4v) is 3.24. The lowest BCUT2D eigenvalue weighted by Crippen LogP contribution is -2.19. The molecule has 3 aromatic rings. The number of ether oxygens (including phenoxy) is 1. The summed E-state index contributed by atoms with van der Waals surface area (Å²) in [5, 5.41) is 14.1. The highest BCUT2D eigenvalue weighted by atomic mass is 32.2. The summed E-state index contributed by atoms with van der Waals surface area (Å²) < 4.78 is 28.8. The molecule has 2 aromatic carbocycles. The molecular weight excluding hydrogens is 360 g/mol. The summed E-state index contributed by atoms with van der Waals surface area (Å²) in [6.07, 6.45) is 2.85. The molecule has 0 aliphatic rings. The normalized spacial score (nSPS) is 11.3. The molecule has 0 spiro atoms. The Labute approximate surface area is 150 Å². The minimum Gasteiger partial charge on any atom is -0.495 e. The first-order valence-electron chi connectivity index (χ1n) is 7.26. The van der Waals surface area contributed by atoms with Gasteiger partial charge in [0.2, 0.25) is 0 Å². The molecule has 0 bridgehead atoms. The topological polar surface area (TPSA) is 96.1 Å².